The van der Waals surface area contributed by atoms with Crippen LogP contribution in [-0.2, 0) is 0 Å². The molecule has 0 radical (unpaired) electrons. The Balaban J connectivity index is 1.48. The predicted octanol–water partition coefficient (Wildman–Crippen LogP) is 2.30. The fraction of sp³-hybridized carbons (Fsp3) is 0.611. The highest BCUT2D eigenvalue weighted by Gasteiger charge is 2.23. The largest absolute Gasteiger partial charge is 0.497 e. The number of amides is 2. The molecule has 2 aliphatic heterocycles. The highest BCUT2D eigenvalue weighted by Crippen LogP contribution is 2.34. The molecule has 24 heavy (non-hydrogen) atoms. The molecule has 6 nitrogen and oxygen atoms in total. The minimum atomic E-state index is -0.110. The second-order valence-corrected chi connectivity index (χ2v) is 6.40. The molecular weight excluding hydrogens is 306 g/mol. The van der Waals surface area contributed by atoms with E-state index in [1.165, 1.54) is 19.3 Å². The van der Waals surface area contributed by atoms with Gasteiger partial charge in [-0.15, -0.1) is 0 Å². The van der Waals surface area contributed by atoms with Gasteiger partial charge in [-0.2, -0.15) is 0 Å². The molecule has 1 fully saturated rings. The molecule has 0 aliphatic carbocycles. The third kappa shape index (κ3) is 4.32. The minimum Gasteiger partial charge on any atom is -0.497 e. The Morgan fingerprint density at radius 3 is 2.96 bits per heavy atom. The highest BCUT2D eigenvalue weighted by atomic mass is 16.5. The number of carbonyl (C=O) groups is 1. The Bertz CT molecular complexity index is 558. The summed E-state index contributed by atoms with van der Waals surface area (Å²) in [6.07, 6.45) is 4.65. The van der Waals surface area contributed by atoms with Gasteiger partial charge in [-0.1, -0.05) is 6.42 Å². The summed E-state index contributed by atoms with van der Waals surface area (Å²) in [5.41, 5.74) is 1.01. The van der Waals surface area contributed by atoms with Gasteiger partial charge >= 0.3 is 6.03 Å². The van der Waals surface area contributed by atoms with Gasteiger partial charge in [0.2, 0.25) is 0 Å². The van der Waals surface area contributed by atoms with Gasteiger partial charge in [0.25, 0.3) is 0 Å². The SMILES string of the molecule is COc1ccc2c(c1)OCCC2NC(=O)NCCN1CCCCC1. The Morgan fingerprint density at radius 1 is 1.33 bits per heavy atom. The van der Waals surface area contributed by atoms with Crippen molar-refractivity contribution in [1.82, 2.24) is 15.5 Å². The molecule has 3 rings (SSSR count). The number of benzene rings is 1. The lowest BCUT2D eigenvalue weighted by molar-refractivity contribution is 0.212. The molecule has 6 heteroatoms. The van der Waals surface area contributed by atoms with Crippen molar-refractivity contribution in [3.05, 3.63) is 23.8 Å². The maximum atomic E-state index is 12.2. The number of ether oxygens (including phenoxy) is 2. The fourth-order valence-corrected chi connectivity index (χ4v) is 3.37. The molecular formula is C18H27N3O3. The van der Waals surface area contributed by atoms with Gasteiger partial charge in [0.05, 0.1) is 19.8 Å². The van der Waals surface area contributed by atoms with Gasteiger partial charge in [0.1, 0.15) is 11.5 Å². The van der Waals surface area contributed by atoms with Crippen molar-refractivity contribution in [2.24, 2.45) is 0 Å². The Morgan fingerprint density at radius 2 is 2.17 bits per heavy atom. The maximum absolute atomic E-state index is 12.2. The molecule has 1 atom stereocenters. The molecule has 0 spiro atoms. The average molecular weight is 333 g/mol. The van der Waals surface area contributed by atoms with E-state index in [9.17, 15) is 4.79 Å². The summed E-state index contributed by atoms with van der Waals surface area (Å²) >= 11 is 0. The number of rotatable bonds is 5. The average Bonchev–Trinajstić information content (AvgIpc) is 2.62. The monoisotopic (exact) mass is 333 g/mol. The molecule has 1 unspecified atom stereocenters. The van der Waals surface area contributed by atoms with Crippen LogP contribution in [0.3, 0.4) is 0 Å². The lowest BCUT2D eigenvalue weighted by Crippen LogP contribution is -2.43. The van der Waals surface area contributed by atoms with Crippen LogP contribution in [0.2, 0.25) is 0 Å². The van der Waals surface area contributed by atoms with Gasteiger partial charge in [-0.25, -0.2) is 4.79 Å². The highest BCUT2D eigenvalue weighted by molar-refractivity contribution is 5.74. The normalized spacial score (nSPS) is 20.6. The van der Waals surface area contributed by atoms with Crippen molar-refractivity contribution < 1.29 is 14.3 Å². The van der Waals surface area contributed by atoms with Crippen LogP contribution in [0.1, 0.15) is 37.3 Å². The van der Waals surface area contributed by atoms with Crippen LogP contribution in [0.25, 0.3) is 0 Å². The zero-order valence-electron chi connectivity index (χ0n) is 14.3. The van der Waals surface area contributed by atoms with Crippen molar-refractivity contribution in [1.29, 1.82) is 0 Å². The first kappa shape index (κ1) is 16.9. The van der Waals surface area contributed by atoms with Gasteiger partial charge in [0, 0.05) is 31.1 Å². The van der Waals surface area contributed by atoms with Crippen molar-refractivity contribution in [3.63, 3.8) is 0 Å². The van der Waals surface area contributed by atoms with Gasteiger partial charge in [0.15, 0.2) is 0 Å². The van der Waals surface area contributed by atoms with E-state index in [2.05, 4.69) is 15.5 Å². The second-order valence-electron chi connectivity index (χ2n) is 6.40. The number of likely N-dealkylation sites (tertiary alicyclic amines) is 1. The van der Waals surface area contributed by atoms with E-state index in [1.54, 1.807) is 7.11 Å². The van der Waals surface area contributed by atoms with Crippen LogP contribution in [0, 0.1) is 0 Å². The molecule has 2 amide bonds. The quantitative estimate of drug-likeness (QED) is 0.868. The van der Waals surface area contributed by atoms with E-state index in [4.69, 9.17) is 9.47 Å². The number of nitrogens with one attached hydrogen (secondary N) is 2. The first-order valence-electron chi connectivity index (χ1n) is 8.84. The second kappa shape index (κ2) is 8.24. The predicted molar refractivity (Wildman–Crippen MR) is 92.7 cm³/mol. The molecule has 0 saturated carbocycles. The first-order valence-corrected chi connectivity index (χ1v) is 8.84. The van der Waals surface area contributed by atoms with Crippen LogP contribution in [0.15, 0.2) is 18.2 Å². The van der Waals surface area contributed by atoms with Crippen molar-refractivity contribution in [3.8, 4) is 11.5 Å². The molecule has 1 aromatic rings. The summed E-state index contributed by atoms with van der Waals surface area (Å²) in [6, 6.07) is 5.61. The Labute approximate surface area is 143 Å². The van der Waals surface area contributed by atoms with Crippen LogP contribution in [0.4, 0.5) is 4.79 Å². The summed E-state index contributed by atoms with van der Waals surface area (Å²) in [7, 11) is 1.63. The lowest BCUT2D eigenvalue weighted by atomic mass is 10.0. The summed E-state index contributed by atoms with van der Waals surface area (Å²) < 4.78 is 10.9. The Hall–Kier alpha value is -1.95. The van der Waals surface area contributed by atoms with Gasteiger partial charge < -0.3 is 25.0 Å². The van der Waals surface area contributed by atoms with E-state index in [-0.39, 0.29) is 12.1 Å². The number of carbonyl (C=O) groups excluding carboxylic acids is 1. The third-order valence-corrected chi connectivity index (χ3v) is 4.73. The van der Waals surface area contributed by atoms with E-state index < -0.39 is 0 Å². The number of fused-ring (bicyclic) bond motifs is 1. The van der Waals surface area contributed by atoms with Crippen LogP contribution >= 0.6 is 0 Å². The molecule has 2 aliphatic rings. The lowest BCUT2D eigenvalue weighted by Gasteiger charge is -2.28. The maximum Gasteiger partial charge on any atom is 0.315 e. The number of urea groups is 1. The molecule has 132 valence electrons. The molecule has 0 aromatic heterocycles. The van der Waals surface area contributed by atoms with Gasteiger partial charge in [-0.05, 0) is 38.1 Å². The van der Waals surface area contributed by atoms with Crippen LogP contribution < -0.4 is 20.1 Å². The molecule has 0 bridgehead atoms. The van der Waals surface area contributed by atoms with Crippen molar-refractivity contribution in [2.75, 3.05) is 39.9 Å². The zero-order chi connectivity index (χ0) is 16.8. The summed E-state index contributed by atoms with van der Waals surface area (Å²) in [4.78, 5) is 14.6. The number of hydrogen-bond acceptors (Lipinski definition) is 4. The number of nitrogens with zero attached hydrogens (tertiary/aromatic N) is 1. The first-order chi connectivity index (χ1) is 11.8. The van der Waals surface area contributed by atoms with E-state index in [0.29, 0.717) is 13.2 Å². The standard InChI is InChI=1S/C18H27N3O3/c1-23-14-5-6-15-16(7-12-24-17(15)13-14)20-18(22)19-8-11-21-9-3-2-4-10-21/h5-6,13,16H,2-4,7-12H2,1H3,(H2,19,20,22). The zero-order valence-corrected chi connectivity index (χ0v) is 14.3. The minimum absolute atomic E-state index is 0.0188. The number of piperidine rings is 1. The topological polar surface area (TPSA) is 62.8 Å². The number of methoxy groups -OCH3 is 1. The van der Waals surface area contributed by atoms with E-state index >= 15 is 0 Å². The third-order valence-electron chi connectivity index (χ3n) is 4.73. The Kier molecular flexibility index (Phi) is 5.80. The molecule has 1 aromatic carbocycles. The number of hydrogen-bond donors (Lipinski definition) is 2. The molecule has 2 N–H and O–H groups in total. The van der Waals surface area contributed by atoms with Crippen molar-refractivity contribution >= 4 is 6.03 Å². The van der Waals surface area contributed by atoms with Crippen LogP contribution in [0.5, 0.6) is 11.5 Å². The fourth-order valence-electron chi connectivity index (χ4n) is 3.37. The van der Waals surface area contributed by atoms with E-state index in [0.717, 1.165) is 43.1 Å². The smallest absolute Gasteiger partial charge is 0.315 e. The van der Waals surface area contributed by atoms with Gasteiger partial charge in [-0.3, -0.25) is 0 Å². The summed E-state index contributed by atoms with van der Waals surface area (Å²) in [5, 5.41) is 6.03. The molecule has 1 saturated heterocycles. The summed E-state index contributed by atoms with van der Waals surface area (Å²) in [6.45, 7) is 4.51. The van der Waals surface area contributed by atoms with E-state index in [1.807, 2.05) is 18.2 Å². The summed E-state index contributed by atoms with van der Waals surface area (Å²) in [5.74, 6) is 1.56. The van der Waals surface area contributed by atoms with Crippen LogP contribution in [-0.4, -0.2) is 50.8 Å². The molecule has 2 heterocycles. The van der Waals surface area contributed by atoms with Crippen molar-refractivity contribution in [2.45, 2.75) is 31.7 Å².